The van der Waals surface area contributed by atoms with Gasteiger partial charge >= 0.3 is 6.09 Å². The Morgan fingerprint density at radius 1 is 1.25 bits per heavy atom. The summed E-state index contributed by atoms with van der Waals surface area (Å²) in [6, 6.07) is 9.76. The van der Waals surface area contributed by atoms with Gasteiger partial charge in [0, 0.05) is 11.5 Å². The number of hydrogen-bond acceptors (Lipinski definition) is 3. The maximum absolute atomic E-state index is 11.8. The molecule has 1 heterocycles. The van der Waals surface area contributed by atoms with Crippen molar-refractivity contribution in [3.63, 3.8) is 0 Å². The first-order valence-electron chi connectivity index (χ1n) is 7.27. The molecule has 1 aromatic carbocycles. The number of benzene rings is 1. The molecule has 5 rings (SSSR count). The van der Waals surface area contributed by atoms with Gasteiger partial charge < -0.3 is 14.8 Å². The maximum atomic E-state index is 11.8. The highest BCUT2D eigenvalue weighted by Crippen LogP contribution is 2.71. The molecule has 3 aliphatic carbocycles. The molecule has 0 spiro atoms. The Morgan fingerprint density at radius 3 is 2.55 bits per heavy atom. The average Bonchev–Trinajstić information content (AvgIpc) is 2.31. The monoisotopic (exact) mass is 273 g/mol. The molecule has 20 heavy (non-hydrogen) atoms. The van der Waals surface area contributed by atoms with Crippen molar-refractivity contribution in [3.8, 4) is 0 Å². The van der Waals surface area contributed by atoms with Crippen molar-refractivity contribution in [2.45, 2.75) is 31.4 Å². The molecule has 1 aromatic rings. The molecule has 2 bridgehead atoms. The lowest BCUT2D eigenvalue weighted by atomic mass is 9.35. The van der Waals surface area contributed by atoms with Crippen LogP contribution >= 0.6 is 0 Å². The fraction of sp³-hybridized carbons (Fsp3) is 0.562. The van der Waals surface area contributed by atoms with E-state index in [2.05, 4.69) is 5.32 Å². The molecule has 0 aromatic heterocycles. The van der Waals surface area contributed by atoms with Gasteiger partial charge in [0.15, 0.2) is 0 Å². The number of carbonyl (C=O) groups is 1. The number of carbonyl (C=O) groups excluding carboxylic acids is 1. The molecule has 4 nitrogen and oxygen atoms in total. The lowest BCUT2D eigenvalue weighted by Gasteiger charge is -2.74. The second-order valence-electron chi connectivity index (χ2n) is 6.59. The van der Waals surface area contributed by atoms with Crippen LogP contribution in [0.5, 0.6) is 0 Å². The Morgan fingerprint density at radius 2 is 1.95 bits per heavy atom. The molecule has 4 fully saturated rings. The highest BCUT2D eigenvalue weighted by molar-refractivity contribution is 5.69. The van der Waals surface area contributed by atoms with Gasteiger partial charge in [-0.1, -0.05) is 30.3 Å². The van der Waals surface area contributed by atoms with E-state index in [1.54, 1.807) is 0 Å². The van der Waals surface area contributed by atoms with Crippen molar-refractivity contribution in [2.24, 2.45) is 11.3 Å². The van der Waals surface area contributed by atoms with Crippen molar-refractivity contribution in [3.05, 3.63) is 35.9 Å². The lowest BCUT2D eigenvalue weighted by Crippen LogP contribution is -2.78. The van der Waals surface area contributed by atoms with Crippen molar-refractivity contribution >= 4 is 6.09 Å². The van der Waals surface area contributed by atoms with E-state index >= 15 is 0 Å². The molecule has 1 amide bonds. The van der Waals surface area contributed by atoms with Crippen LogP contribution in [-0.4, -0.2) is 24.8 Å². The van der Waals surface area contributed by atoms with Crippen molar-refractivity contribution in [1.29, 1.82) is 0 Å². The zero-order valence-corrected chi connectivity index (χ0v) is 11.4. The number of nitrogens with one attached hydrogen (secondary N) is 1. The van der Waals surface area contributed by atoms with Gasteiger partial charge in [-0.05, 0) is 30.2 Å². The molecule has 1 aliphatic heterocycles. The molecule has 4 aliphatic rings. The predicted molar refractivity (Wildman–Crippen MR) is 73.1 cm³/mol. The van der Waals surface area contributed by atoms with Crippen LogP contribution in [0, 0.1) is 11.3 Å². The lowest BCUT2D eigenvalue weighted by molar-refractivity contribution is -0.244. The van der Waals surface area contributed by atoms with Crippen LogP contribution < -0.4 is 5.32 Å². The number of amides is 1. The van der Waals surface area contributed by atoms with Gasteiger partial charge in [-0.2, -0.15) is 0 Å². The zero-order chi connectivity index (χ0) is 13.6. The standard InChI is InChI=1S/C16H19NO3/c18-14(20-6-12-4-2-1-3-5-12)17-16-9-15(10-16,11-16)13-7-19-8-13/h1-5,13H,6-11H2,(H,17,18). The first-order valence-corrected chi connectivity index (χ1v) is 7.27. The summed E-state index contributed by atoms with van der Waals surface area (Å²) >= 11 is 0. The summed E-state index contributed by atoms with van der Waals surface area (Å²) < 4.78 is 10.6. The summed E-state index contributed by atoms with van der Waals surface area (Å²) in [4.78, 5) is 11.8. The van der Waals surface area contributed by atoms with E-state index < -0.39 is 0 Å². The summed E-state index contributed by atoms with van der Waals surface area (Å²) in [5, 5.41) is 3.05. The van der Waals surface area contributed by atoms with E-state index in [0.29, 0.717) is 12.0 Å². The minimum atomic E-state index is -0.285. The van der Waals surface area contributed by atoms with Crippen molar-refractivity contribution < 1.29 is 14.3 Å². The summed E-state index contributed by atoms with van der Waals surface area (Å²) in [5.41, 5.74) is 1.53. The first kappa shape index (κ1) is 12.2. The van der Waals surface area contributed by atoms with E-state index in [1.165, 1.54) is 0 Å². The third-order valence-corrected chi connectivity index (χ3v) is 5.16. The Hall–Kier alpha value is -1.55. The van der Waals surface area contributed by atoms with Crippen LogP contribution in [0.15, 0.2) is 30.3 Å². The minimum Gasteiger partial charge on any atom is -0.445 e. The van der Waals surface area contributed by atoms with E-state index in [4.69, 9.17) is 9.47 Å². The van der Waals surface area contributed by atoms with Gasteiger partial charge in [0.25, 0.3) is 0 Å². The van der Waals surface area contributed by atoms with Crippen LogP contribution in [0.4, 0.5) is 4.79 Å². The normalized spacial score (nSPS) is 34.4. The molecule has 0 unspecified atom stereocenters. The second kappa shape index (κ2) is 4.22. The molecular weight excluding hydrogens is 254 g/mol. The van der Waals surface area contributed by atoms with Gasteiger partial charge in [0.2, 0.25) is 0 Å². The quantitative estimate of drug-likeness (QED) is 0.916. The largest absolute Gasteiger partial charge is 0.445 e. The van der Waals surface area contributed by atoms with Crippen LogP contribution in [0.3, 0.4) is 0 Å². The van der Waals surface area contributed by atoms with Crippen LogP contribution in [0.1, 0.15) is 24.8 Å². The number of hydrogen-bond donors (Lipinski definition) is 1. The highest BCUT2D eigenvalue weighted by atomic mass is 16.5. The molecule has 0 atom stereocenters. The SMILES string of the molecule is O=C(NC12CC(C3COC3)(C1)C2)OCc1ccccc1. The van der Waals surface area contributed by atoms with Gasteiger partial charge in [0.05, 0.1) is 13.2 Å². The van der Waals surface area contributed by atoms with Crippen molar-refractivity contribution in [2.75, 3.05) is 13.2 Å². The third kappa shape index (κ3) is 1.82. The Balaban J connectivity index is 1.24. The van der Waals surface area contributed by atoms with Gasteiger partial charge in [-0.3, -0.25) is 0 Å². The topological polar surface area (TPSA) is 47.6 Å². The molecule has 1 N–H and O–H groups in total. The Bertz CT molecular complexity index is 504. The molecular formula is C16H19NO3. The number of alkyl carbamates (subject to hydrolysis) is 1. The molecule has 3 saturated carbocycles. The van der Waals surface area contributed by atoms with E-state index in [9.17, 15) is 4.79 Å². The van der Waals surface area contributed by atoms with E-state index in [1.807, 2.05) is 30.3 Å². The van der Waals surface area contributed by atoms with Gasteiger partial charge in [-0.25, -0.2) is 4.79 Å². The third-order valence-electron chi connectivity index (χ3n) is 5.16. The van der Waals surface area contributed by atoms with Crippen LogP contribution in [-0.2, 0) is 16.1 Å². The predicted octanol–water partition coefficient (Wildman–Crippen LogP) is 2.48. The molecule has 4 heteroatoms. The summed E-state index contributed by atoms with van der Waals surface area (Å²) in [6.45, 7) is 2.16. The first-order chi connectivity index (χ1) is 9.70. The van der Waals surface area contributed by atoms with Gasteiger partial charge in [0.1, 0.15) is 6.61 Å². The molecule has 106 valence electrons. The van der Waals surface area contributed by atoms with Crippen LogP contribution in [0.2, 0.25) is 0 Å². The van der Waals surface area contributed by atoms with Gasteiger partial charge in [-0.15, -0.1) is 0 Å². The second-order valence-corrected chi connectivity index (χ2v) is 6.59. The summed E-state index contributed by atoms with van der Waals surface area (Å²) in [7, 11) is 0. The number of rotatable bonds is 4. The fourth-order valence-corrected chi connectivity index (χ4v) is 4.00. The Kier molecular flexibility index (Phi) is 2.58. The number of ether oxygens (including phenoxy) is 2. The molecule has 0 radical (unpaired) electrons. The van der Waals surface area contributed by atoms with Crippen molar-refractivity contribution in [1.82, 2.24) is 5.32 Å². The maximum Gasteiger partial charge on any atom is 0.407 e. The fourth-order valence-electron chi connectivity index (χ4n) is 4.00. The minimum absolute atomic E-state index is 0.0311. The van der Waals surface area contributed by atoms with E-state index in [0.717, 1.165) is 44.0 Å². The highest BCUT2D eigenvalue weighted by Gasteiger charge is 2.71. The van der Waals surface area contributed by atoms with E-state index in [-0.39, 0.29) is 11.6 Å². The average molecular weight is 273 g/mol. The Labute approximate surface area is 118 Å². The summed E-state index contributed by atoms with van der Waals surface area (Å²) in [6.07, 6.45) is 3.03. The summed E-state index contributed by atoms with van der Waals surface area (Å²) in [5.74, 6) is 0.728. The smallest absolute Gasteiger partial charge is 0.407 e. The van der Waals surface area contributed by atoms with Crippen LogP contribution in [0.25, 0.3) is 0 Å². The zero-order valence-electron chi connectivity index (χ0n) is 11.4. The molecule has 1 saturated heterocycles.